The molecule has 130 valence electrons. The van der Waals surface area contributed by atoms with Gasteiger partial charge in [0.2, 0.25) is 5.88 Å². The van der Waals surface area contributed by atoms with Gasteiger partial charge in [-0.05, 0) is 13.8 Å². The normalized spacial score (nSPS) is 11.5. The summed E-state index contributed by atoms with van der Waals surface area (Å²) < 4.78 is 25.3. The van der Waals surface area contributed by atoms with E-state index in [-0.39, 0.29) is 23.8 Å². The zero-order valence-electron chi connectivity index (χ0n) is 13.5. The Morgan fingerprint density at radius 2 is 2.12 bits per heavy atom. The molecule has 24 heavy (non-hydrogen) atoms. The van der Waals surface area contributed by atoms with Gasteiger partial charge in [-0.1, -0.05) is 0 Å². The molecule has 0 aromatic carbocycles. The van der Waals surface area contributed by atoms with E-state index in [1.54, 1.807) is 0 Å². The van der Waals surface area contributed by atoms with E-state index in [2.05, 4.69) is 10.3 Å². The molecular formula is C15H18FN3O5. The molecule has 8 nitrogen and oxygen atoms in total. The van der Waals surface area contributed by atoms with Crippen molar-refractivity contribution in [2.45, 2.75) is 19.4 Å². The van der Waals surface area contributed by atoms with Crippen molar-refractivity contribution in [2.75, 3.05) is 25.6 Å². The van der Waals surface area contributed by atoms with Gasteiger partial charge in [-0.3, -0.25) is 9.20 Å². The molecule has 0 fully saturated rings. The van der Waals surface area contributed by atoms with Gasteiger partial charge in [0, 0.05) is 19.4 Å². The van der Waals surface area contributed by atoms with Crippen LogP contribution in [0.2, 0.25) is 0 Å². The highest BCUT2D eigenvalue weighted by atomic mass is 19.1. The average molecular weight is 339 g/mol. The molecule has 0 aliphatic heterocycles. The second kappa shape index (κ2) is 6.83. The number of aromatic nitrogens is 2. The summed E-state index contributed by atoms with van der Waals surface area (Å²) in [5.41, 5.74) is -1.96. The summed E-state index contributed by atoms with van der Waals surface area (Å²) in [5.74, 6) is -1.91. The van der Waals surface area contributed by atoms with E-state index in [9.17, 15) is 14.0 Å². The number of halogens is 1. The molecule has 2 N–H and O–H groups in total. The number of hydrogen-bond donors (Lipinski definition) is 2. The van der Waals surface area contributed by atoms with Crippen molar-refractivity contribution in [2.24, 2.45) is 0 Å². The minimum atomic E-state index is -1.33. The van der Waals surface area contributed by atoms with Gasteiger partial charge in [-0.25, -0.2) is 9.18 Å². The smallest absolute Gasteiger partial charge is 0.328 e. The Bertz CT molecular complexity index is 819. The van der Waals surface area contributed by atoms with Crippen LogP contribution in [0.25, 0.3) is 5.65 Å². The molecular weight excluding hydrogens is 321 g/mol. The maximum Gasteiger partial charge on any atom is 0.328 e. The van der Waals surface area contributed by atoms with Crippen molar-refractivity contribution in [3.8, 4) is 5.88 Å². The summed E-state index contributed by atoms with van der Waals surface area (Å²) in [6.45, 7) is 3.32. The highest BCUT2D eigenvalue weighted by Crippen LogP contribution is 2.19. The highest BCUT2D eigenvalue weighted by Gasteiger charge is 2.27. The number of hydrogen-bond acceptors (Lipinski definition) is 6. The SMILES string of the molecule is COCCOc1cc(=O)n2cc(NC(C)(C)C(=O)O)cc(F)c2n1. The first-order chi connectivity index (χ1) is 11.2. The largest absolute Gasteiger partial charge is 0.480 e. The zero-order valence-corrected chi connectivity index (χ0v) is 13.5. The van der Waals surface area contributed by atoms with Crippen LogP contribution in [-0.2, 0) is 9.53 Å². The number of pyridine rings is 1. The molecule has 9 heteroatoms. The van der Waals surface area contributed by atoms with Crippen molar-refractivity contribution >= 4 is 17.3 Å². The summed E-state index contributed by atoms with van der Waals surface area (Å²) in [6, 6.07) is 2.19. The van der Waals surface area contributed by atoms with Crippen LogP contribution in [0.15, 0.2) is 23.1 Å². The topological polar surface area (TPSA) is 102 Å². The van der Waals surface area contributed by atoms with Crippen molar-refractivity contribution < 1.29 is 23.8 Å². The molecule has 2 aromatic heterocycles. The zero-order chi connectivity index (χ0) is 17.9. The van der Waals surface area contributed by atoms with E-state index in [1.165, 1.54) is 27.2 Å². The van der Waals surface area contributed by atoms with E-state index in [4.69, 9.17) is 14.6 Å². The summed E-state index contributed by atoms with van der Waals surface area (Å²) in [4.78, 5) is 27.2. The molecule has 0 saturated carbocycles. The maximum absolute atomic E-state index is 14.3. The first kappa shape index (κ1) is 17.7. The number of anilines is 1. The molecule has 0 aliphatic rings. The molecule has 2 aromatic rings. The van der Waals surface area contributed by atoms with Gasteiger partial charge < -0.3 is 19.9 Å². The Kier molecular flexibility index (Phi) is 5.03. The number of aliphatic carboxylic acids is 1. The van der Waals surface area contributed by atoms with Crippen LogP contribution in [-0.4, -0.2) is 46.3 Å². The van der Waals surface area contributed by atoms with Crippen molar-refractivity contribution in [1.29, 1.82) is 0 Å². The van der Waals surface area contributed by atoms with E-state index in [1.807, 2.05) is 0 Å². The summed E-state index contributed by atoms with van der Waals surface area (Å²) >= 11 is 0. The molecule has 0 unspecified atom stereocenters. The number of nitrogens with zero attached hydrogens (tertiary/aromatic N) is 2. The van der Waals surface area contributed by atoms with Crippen LogP contribution in [0, 0.1) is 5.82 Å². The minimum Gasteiger partial charge on any atom is -0.480 e. The van der Waals surface area contributed by atoms with Gasteiger partial charge in [-0.15, -0.1) is 0 Å². The fourth-order valence-corrected chi connectivity index (χ4v) is 1.93. The third-order valence-electron chi connectivity index (χ3n) is 3.22. The second-order valence-corrected chi connectivity index (χ2v) is 5.60. The average Bonchev–Trinajstić information content (AvgIpc) is 2.48. The number of nitrogens with one attached hydrogen (secondary N) is 1. The van der Waals surface area contributed by atoms with Crippen molar-refractivity contribution in [1.82, 2.24) is 9.38 Å². The van der Waals surface area contributed by atoms with E-state index < -0.39 is 22.9 Å². The molecule has 0 bridgehead atoms. The van der Waals surface area contributed by atoms with Gasteiger partial charge in [0.05, 0.1) is 18.4 Å². The molecule has 2 rings (SSSR count). The number of fused-ring (bicyclic) bond motifs is 1. The lowest BCUT2D eigenvalue weighted by Crippen LogP contribution is -2.40. The highest BCUT2D eigenvalue weighted by molar-refractivity contribution is 5.81. The number of carboxylic acids is 1. The monoisotopic (exact) mass is 339 g/mol. The molecule has 0 amide bonds. The summed E-state index contributed by atoms with van der Waals surface area (Å²) in [5, 5.41) is 11.8. The lowest BCUT2D eigenvalue weighted by molar-refractivity contribution is -0.141. The number of rotatable bonds is 7. The van der Waals surface area contributed by atoms with Gasteiger partial charge in [-0.2, -0.15) is 4.98 Å². The van der Waals surface area contributed by atoms with E-state index in [0.717, 1.165) is 16.5 Å². The van der Waals surface area contributed by atoms with Crippen molar-refractivity contribution in [3.63, 3.8) is 0 Å². The lowest BCUT2D eigenvalue weighted by Gasteiger charge is -2.22. The second-order valence-electron chi connectivity index (χ2n) is 5.60. The fourth-order valence-electron chi connectivity index (χ4n) is 1.93. The van der Waals surface area contributed by atoms with E-state index >= 15 is 0 Å². The minimum absolute atomic E-state index is 0.0116. The molecule has 2 heterocycles. The Morgan fingerprint density at radius 3 is 2.75 bits per heavy atom. The first-order valence-electron chi connectivity index (χ1n) is 7.11. The van der Waals surface area contributed by atoms with Crippen LogP contribution in [0.4, 0.5) is 10.1 Å². The van der Waals surface area contributed by atoms with Gasteiger partial charge in [0.1, 0.15) is 12.1 Å². The van der Waals surface area contributed by atoms with Gasteiger partial charge in [0.15, 0.2) is 11.5 Å². The third-order valence-corrected chi connectivity index (χ3v) is 3.22. The van der Waals surface area contributed by atoms with Crippen molar-refractivity contribution in [3.05, 3.63) is 34.5 Å². The summed E-state index contributed by atoms with van der Waals surface area (Å²) in [6.07, 6.45) is 1.29. The molecule has 0 spiro atoms. The van der Waals surface area contributed by atoms with Gasteiger partial charge >= 0.3 is 5.97 Å². The lowest BCUT2D eigenvalue weighted by atomic mass is 10.1. The van der Waals surface area contributed by atoms with Crippen LogP contribution < -0.4 is 15.6 Å². The molecule has 0 atom stereocenters. The van der Waals surface area contributed by atoms with Crippen LogP contribution in [0.5, 0.6) is 5.88 Å². The quantitative estimate of drug-likeness (QED) is 0.729. The standard InChI is InChI=1S/C15H18FN3O5/c1-15(2,14(21)22)18-9-6-10(16)13-17-11(24-5-4-23-3)7-12(20)19(13)8-9/h6-8,18H,4-5H2,1-3H3,(H,21,22). The number of ether oxygens (including phenoxy) is 2. The number of carbonyl (C=O) groups is 1. The number of methoxy groups -OCH3 is 1. The number of carboxylic acid groups (broad SMARTS) is 1. The molecule has 0 radical (unpaired) electrons. The first-order valence-corrected chi connectivity index (χ1v) is 7.11. The third kappa shape index (κ3) is 3.80. The van der Waals surface area contributed by atoms with Gasteiger partial charge in [0.25, 0.3) is 5.56 Å². The predicted octanol–water partition coefficient (Wildman–Crippen LogP) is 1.13. The Labute approximate surface area is 136 Å². The Morgan fingerprint density at radius 1 is 1.42 bits per heavy atom. The van der Waals surface area contributed by atoms with Crippen LogP contribution >= 0.6 is 0 Å². The molecule has 0 saturated heterocycles. The maximum atomic E-state index is 14.3. The van der Waals surface area contributed by atoms with Crippen LogP contribution in [0.3, 0.4) is 0 Å². The van der Waals surface area contributed by atoms with E-state index in [0.29, 0.717) is 6.61 Å². The summed E-state index contributed by atoms with van der Waals surface area (Å²) in [7, 11) is 1.50. The van der Waals surface area contributed by atoms with Crippen LogP contribution in [0.1, 0.15) is 13.8 Å². The Balaban J connectivity index is 2.41. The predicted molar refractivity (Wildman–Crippen MR) is 84.1 cm³/mol. The Hall–Kier alpha value is -2.68. The molecule has 0 aliphatic carbocycles. The fraction of sp³-hybridized carbons (Fsp3) is 0.400.